The van der Waals surface area contributed by atoms with Gasteiger partial charge < -0.3 is 9.72 Å². The fourth-order valence-corrected chi connectivity index (χ4v) is 1.39. The third kappa shape index (κ3) is 2.90. The van der Waals surface area contributed by atoms with E-state index < -0.39 is 17.6 Å². The van der Waals surface area contributed by atoms with E-state index in [1.165, 1.54) is 25.4 Å². The van der Waals surface area contributed by atoms with Gasteiger partial charge in [0.1, 0.15) is 0 Å². The topological polar surface area (TPSA) is 67.9 Å². The van der Waals surface area contributed by atoms with Gasteiger partial charge in [0, 0.05) is 23.9 Å². The van der Waals surface area contributed by atoms with Crippen molar-refractivity contribution < 1.29 is 17.9 Å². The van der Waals surface area contributed by atoms with Crippen LogP contribution in [0.4, 0.5) is 13.2 Å². The number of aromatic amines is 1. The summed E-state index contributed by atoms with van der Waals surface area (Å²) in [6.07, 6.45) is -3.43. The summed E-state index contributed by atoms with van der Waals surface area (Å²) in [5.74, 6) is -1.03. The molecule has 100 valence electrons. The molecule has 0 radical (unpaired) electrons. The zero-order chi connectivity index (χ0) is 14.0. The number of pyridine rings is 1. The summed E-state index contributed by atoms with van der Waals surface area (Å²) < 4.78 is 42.4. The van der Waals surface area contributed by atoms with Gasteiger partial charge in [-0.2, -0.15) is 13.2 Å². The summed E-state index contributed by atoms with van der Waals surface area (Å²) in [6, 6.07) is 3.90. The van der Waals surface area contributed by atoms with Crippen molar-refractivity contribution in [3.8, 4) is 17.1 Å². The first-order valence-corrected chi connectivity index (χ1v) is 5.09. The van der Waals surface area contributed by atoms with Gasteiger partial charge in [-0.05, 0) is 6.07 Å². The number of halogens is 3. The molecule has 2 aromatic heterocycles. The van der Waals surface area contributed by atoms with E-state index in [9.17, 15) is 18.0 Å². The van der Waals surface area contributed by atoms with Gasteiger partial charge in [-0.25, -0.2) is 9.97 Å². The van der Waals surface area contributed by atoms with Gasteiger partial charge >= 0.3 is 6.18 Å². The summed E-state index contributed by atoms with van der Waals surface area (Å²) in [6.45, 7) is 0. The molecule has 0 fully saturated rings. The van der Waals surface area contributed by atoms with Gasteiger partial charge in [0.05, 0.1) is 12.8 Å². The van der Waals surface area contributed by atoms with Gasteiger partial charge in [-0.15, -0.1) is 0 Å². The van der Waals surface area contributed by atoms with Crippen LogP contribution in [0.3, 0.4) is 0 Å². The molecule has 5 nitrogen and oxygen atoms in total. The first-order valence-electron chi connectivity index (χ1n) is 5.09. The standard InChI is InChI=1S/C11H8F3N3O2/c1-19-9-3-2-6(5-15-9)7-4-8(18)17-10(16-7)11(12,13)14/h2-5H,1H3,(H,16,17,18). The average Bonchev–Trinajstić information content (AvgIpc) is 2.37. The average molecular weight is 271 g/mol. The van der Waals surface area contributed by atoms with Gasteiger partial charge in [0.25, 0.3) is 5.56 Å². The minimum absolute atomic E-state index is 0.105. The van der Waals surface area contributed by atoms with Crippen molar-refractivity contribution in [2.75, 3.05) is 7.11 Å². The smallest absolute Gasteiger partial charge is 0.449 e. The van der Waals surface area contributed by atoms with Gasteiger partial charge in [0.15, 0.2) is 0 Å². The lowest BCUT2D eigenvalue weighted by Crippen LogP contribution is -2.18. The zero-order valence-corrected chi connectivity index (χ0v) is 9.65. The predicted octanol–water partition coefficient (Wildman–Crippen LogP) is 1.86. The molecule has 2 rings (SSSR count). The van der Waals surface area contributed by atoms with Crippen molar-refractivity contribution in [1.29, 1.82) is 0 Å². The largest absolute Gasteiger partial charge is 0.481 e. The van der Waals surface area contributed by atoms with Crippen LogP contribution in [0, 0.1) is 0 Å². The number of ether oxygens (including phenoxy) is 1. The Morgan fingerprint density at radius 1 is 1.32 bits per heavy atom. The van der Waals surface area contributed by atoms with Crippen LogP contribution in [-0.4, -0.2) is 22.1 Å². The number of alkyl halides is 3. The number of rotatable bonds is 2. The molecule has 0 atom stereocenters. The third-order valence-electron chi connectivity index (χ3n) is 2.25. The fourth-order valence-electron chi connectivity index (χ4n) is 1.39. The minimum atomic E-state index is -4.71. The van der Waals surface area contributed by atoms with Crippen molar-refractivity contribution in [3.63, 3.8) is 0 Å². The lowest BCUT2D eigenvalue weighted by Gasteiger charge is -2.07. The Hall–Kier alpha value is -2.38. The molecule has 0 saturated heterocycles. The molecule has 2 heterocycles. The first kappa shape index (κ1) is 13.1. The monoisotopic (exact) mass is 271 g/mol. The van der Waals surface area contributed by atoms with Crippen LogP contribution < -0.4 is 10.3 Å². The maximum Gasteiger partial charge on any atom is 0.449 e. The Morgan fingerprint density at radius 2 is 2.05 bits per heavy atom. The van der Waals surface area contributed by atoms with Crippen LogP contribution in [0.5, 0.6) is 5.88 Å². The Morgan fingerprint density at radius 3 is 2.58 bits per heavy atom. The van der Waals surface area contributed by atoms with Crippen LogP contribution in [0.25, 0.3) is 11.3 Å². The number of hydrogen-bond donors (Lipinski definition) is 1. The summed E-state index contributed by atoms with van der Waals surface area (Å²) in [4.78, 5) is 20.1. The van der Waals surface area contributed by atoms with Crippen LogP contribution >= 0.6 is 0 Å². The molecule has 0 bridgehead atoms. The highest BCUT2D eigenvalue weighted by atomic mass is 19.4. The highest BCUT2D eigenvalue weighted by Crippen LogP contribution is 2.26. The van der Waals surface area contributed by atoms with Crippen molar-refractivity contribution >= 4 is 0 Å². The second-order valence-corrected chi connectivity index (χ2v) is 3.57. The summed E-state index contributed by atoms with van der Waals surface area (Å²) in [5, 5.41) is 0. The van der Waals surface area contributed by atoms with Crippen molar-refractivity contribution in [2.24, 2.45) is 0 Å². The van der Waals surface area contributed by atoms with E-state index in [0.29, 0.717) is 5.88 Å². The second kappa shape index (κ2) is 4.71. The summed E-state index contributed by atoms with van der Waals surface area (Å²) in [7, 11) is 1.41. The number of nitrogens with zero attached hydrogens (tertiary/aromatic N) is 2. The molecular formula is C11H8F3N3O2. The number of H-pyrrole nitrogens is 1. The Balaban J connectivity index is 2.49. The van der Waals surface area contributed by atoms with Crippen LogP contribution in [0.1, 0.15) is 5.82 Å². The Bertz CT molecular complexity index is 635. The van der Waals surface area contributed by atoms with E-state index in [1.54, 1.807) is 4.98 Å². The van der Waals surface area contributed by atoms with Crippen molar-refractivity contribution in [3.05, 3.63) is 40.6 Å². The predicted molar refractivity (Wildman–Crippen MR) is 59.6 cm³/mol. The van der Waals surface area contributed by atoms with Crippen LogP contribution in [-0.2, 0) is 6.18 Å². The molecule has 0 spiro atoms. The van der Waals surface area contributed by atoms with E-state index in [4.69, 9.17) is 4.74 Å². The molecule has 0 amide bonds. The fraction of sp³-hybridized carbons (Fsp3) is 0.182. The number of methoxy groups -OCH3 is 1. The van der Waals surface area contributed by atoms with E-state index in [2.05, 4.69) is 9.97 Å². The first-order chi connectivity index (χ1) is 8.90. The number of nitrogens with one attached hydrogen (secondary N) is 1. The normalized spacial score (nSPS) is 11.4. The SMILES string of the molecule is COc1ccc(-c2cc(=O)[nH]c(C(F)(F)F)n2)cn1. The highest BCUT2D eigenvalue weighted by Gasteiger charge is 2.34. The lowest BCUT2D eigenvalue weighted by molar-refractivity contribution is -0.145. The molecule has 2 aromatic rings. The molecule has 0 aromatic carbocycles. The van der Waals surface area contributed by atoms with Crippen LogP contribution in [0.2, 0.25) is 0 Å². The molecule has 0 saturated carbocycles. The Labute approximate surface area is 105 Å². The quantitative estimate of drug-likeness (QED) is 0.905. The molecular weight excluding hydrogens is 263 g/mol. The highest BCUT2D eigenvalue weighted by molar-refractivity contribution is 5.57. The van der Waals surface area contributed by atoms with E-state index >= 15 is 0 Å². The van der Waals surface area contributed by atoms with E-state index in [1.807, 2.05) is 0 Å². The molecule has 0 aliphatic heterocycles. The minimum Gasteiger partial charge on any atom is -0.481 e. The van der Waals surface area contributed by atoms with Gasteiger partial charge in [0.2, 0.25) is 11.7 Å². The second-order valence-electron chi connectivity index (χ2n) is 3.57. The molecule has 0 aliphatic carbocycles. The third-order valence-corrected chi connectivity index (χ3v) is 2.25. The van der Waals surface area contributed by atoms with Crippen molar-refractivity contribution in [2.45, 2.75) is 6.18 Å². The molecule has 8 heteroatoms. The van der Waals surface area contributed by atoms with E-state index in [0.717, 1.165) is 6.07 Å². The summed E-state index contributed by atoms with van der Waals surface area (Å²) in [5.41, 5.74) is -0.697. The molecule has 0 aliphatic rings. The molecule has 1 N–H and O–H groups in total. The van der Waals surface area contributed by atoms with Crippen molar-refractivity contribution in [1.82, 2.24) is 15.0 Å². The maximum absolute atomic E-state index is 12.5. The van der Waals surface area contributed by atoms with E-state index in [-0.39, 0.29) is 11.3 Å². The lowest BCUT2D eigenvalue weighted by atomic mass is 10.2. The molecule has 0 unspecified atom stereocenters. The molecule has 19 heavy (non-hydrogen) atoms. The number of aromatic nitrogens is 3. The maximum atomic E-state index is 12.5. The Kier molecular flexibility index (Phi) is 3.24. The van der Waals surface area contributed by atoms with Gasteiger partial charge in [-0.3, -0.25) is 4.79 Å². The zero-order valence-electron chi connectivity index (χ0n) is 9.65. The van der Waals surface area contributed by atoms with Gasteiger partial charge in [-0.1, -0.05) is 0 Å². The number of hydrogen-bond acceptors (Lipinski definition) is 4. The van der Waals surface area contributed by atoms with Crippen LogP contribution in [0.15, 0.2) is 29.2 Å². The summed E-state index contributed by atoms with van der Waals surface area (Å²) >= 11 is 0.